The lowest BCUT2D eigenvalue weighted by molar-refractivity contribution is -0.132. The highest BCUT2D eigenvalue weighted by Gasteiger charge is 2.42. The molecular weight excluding hydrogens is 335 g/mol. The normalized spacial score (nSPS) is 25.9. The Morgan fingerprint density at radius 1 is 1.30 bits per heavy atom. The van der Waals surface area contributed by atoms with E-state index in [1.165, 1.54) is 0 Å². The molecule has 1 aromatic rings. The topological polar surface area (TPSA) is 55.6 Å². The maximum absolute atomic E-state index is 12.3. The number of aryl methyl sites for hydroxylation is 2. The van der Waals surface area contributed by atoms with Crippen molar-refractivity contribution >= 4 is 29.9 Å². The lowest BCUT2D eigenvalue weighted by atomic mass is 9.98. The van der Waals surface area contributed by atoms with E-state index in [1.54, 1.807) is 0 Å². The molecule has 128 valence electrons. The summed E-state index contributed by atoms with van der Waals surface area (Å²) in [7, 11) is 0. The molecule has 0 spiro atoms. The number of hydrogen-bond acceptors (Lipinski definition) is 3. The number of hydrogen-bond donors (Lipinski definition) is 1. The maximum Gasteiger partial charge on any atom is 0.260 e. The molecule has 0 radical (unpaired) electrons. The van der Waals surface area contributed by atoms with Gasteiger partial charge in [-0.05, 0) is 61.8 Å². The molecule has 2 aliphatic rings. The summed E-state index contributed by atoms with van der Waals surface area (Å²) in [5, 5.41) is 0.750. The van der Waals surface area contributed by atoms with Gasteiger partial charge in [0, 0.05) is 24.2 Å². The number of carbonyl (C=O) groups excluding carboxylic acids is 1. The third-order valence-electron chi connectivity index (χ3n) is 5.04. The van der Waals surface area contributed by atoms with Crippen molar-refractivity contribution in [3.8, 4) is 5.75 Å². The zero-order valence-corrected chi connectivity index (χ0v) is 15.1. The lowest BCUT2D eigenvalue weighted by Gasteiger charge is -2.19. The molecule has 1 heterocycles. The highest BCUT2D eigenvalue weighted by Crippen LogP contribution is 2.37. The predicted molar refractivity (Wildman–Crippen MR) is 94.4 cm³/mol. The number of nitrogens with zero attached hydrogens (tertiary/aromatic N) is 1. The van der Waals surface area contributed by atoms with Crippen molar-refractivity contribution in [2.24, 2.45) is 17.6 Å². The third-order valence-corrected chi connectivity index (χ3v) is 5.63. The van der Waals surface area contributed by atoms with E-state index >= 15 is 0 Å². The van der Waals surface area contributed by atoms with Crippen molar-refractivity contribution in [3.05, 3.63) is 28.3 Å². The fourth-order valence-electron chi connectivity index (χ4n) is 3.74. The Morgan fingerprint density at radius 2 is 1.96 bits per heavy atom. The van der Waals surface area contributed by atoms with Crippen LogP contribution in [0.2, 0.25) is 5.02 Å². The van der Waals surface area contributed by atoms with E-state index in [0.717, 1.165) is 42.1 Å². The van der Waals surface area contributed by atoms with E-state index in [2.05, 4.69) is 0 Å². The van der Waals surface area contributed by atoms with Gasteiger partial charge in [0.2, 0.25) is 0 Å². The van der Waals surface area contributed by atoms with E-state index in [9.17, 15) is 4.79 Å². The summed E-state index contributed by atoms with van der Waals surface area (Å²) in [5.74, 6) is 1.80. The summed E-state index contributed by atoms with van der Waals surface area (Å²) < 4.78 is 5.66. The molecule has 1 aliphatic carbocycles. The van der Waals surface area contributed by atoms with Crippen molar-refractivity contribution < 1.29 is 9.53 Å². The smallest absolute Gasteiger partial charge is 0.260 e. The summed E-state index contributed by atoms with van der Waals surface area (Å²) in [6.45, 7) is 5.57. The first-order chi connectivity index (χ1) is 10.5. The first kappa shape index (κ1) is 18.4. The van der Waals surface area contributed by atoms with Gasteiger partial charge in [-0.3, -0.25) is 4.79 Å². The quantitative estimate of drug-likeness (QED) is 0.903. The van der Waals surface area contributed by atoms with Crippen LogP contribution in [0.4, 0.5) is 0 Å². The fourth-order valence-corrected chi connectivity index (χ4v) is 3.85. The monoisotopic (exact) mass is 358 g/mol. The number of amides is 1. The molecule has 4 nitrogen and oxygen atoms in total. The summed E-state index contributed by atoms with van der Waals surface area (Å²) >= 11 is 6.14. The van der Waals surface area contributed by atoms with Crippen LogP contribution in [0.1, 0.15) is 24.0 Å². The van der Waals surface area contributed by atoms with E-state index in [1.807, 2.05) is 30.9 Å². The van der Waals surface area contributed by atoms with E-state index in [0.29, 0.717) is 17.6 Å². The van der Waals surface area contributed by atoms with Gasteiger partial charge in [0.05, 0.1) is 0 Å². The van der Waals surface area contributed by atoms with Crippen LogP contribution in [-0.2, 0) is 4.79 Å². The van der Waals surface area contributed by atoms with E-state index in [4.69, 9.17) is 22.1 Å². The largest absolute Gasteiger partial charge is 0.484 e. The molecule has 2 N–H and O–H groups in total. The molecule has 3 unspecified atom stereocenters. The van der Waals surface area contributed by atoms with Gasteiger partial charge in [-0.15, -0.1) is 12.4 Å². The predicted octanol–water partition coefficient (Wildman–Crippen LogP) is 2.95. The van der Waals surface area contributed by atoms with Crippen LogP contribution >= 0.6 is 24.0 Å². The van der Waals surface area contributed by atoms with Gasteiger partial charge < -0.3 is 15.4 Å². The Kier molecular flexibility index (Phi) is 5.82. The SMILES string of the molecule is Cc1cc(OCC(=O)N2CC3CCC(N)C3C2)cc(C)c1Cl.Cl. The molecule has 23 heavy (non-hydrogen) atoms. The molecule has 0 bridgehead atoms. The fraction of sp³-hybridized carbons (Fsp3) is 0.588. The molecule has 2 fully saturated rings. The molecule has 1 saturated heterocycles. The van der Waals surface area contributed by atoms with Crippen LogP contribution in [0.3, 0.4) is 0 Å². The van der Waals surface area contributed by atoms with Gasteiger partial charge in [-0.25, -0.2) is 0 Å². The minimum atomic E-state index is 0. The first-order valence-electron chi connectivity index (χ1n) is 7.88. The number of carbonyl (C=O) groups is 1. The number of nitrogens with two attached hydrogens (primary N) is 1. The number of rotatable bonds is 3. The molecule has 3 atom stereocenters. The number of halogens is 2. The second kappa shape index (κ2) is 7.29. The Hall–Kier alpha value is -0.970. The maximum atomic E-state index is 12.3. The van der Waals surface area contributed by atoms with Crippen LogP contribution in [0.15, 0.2) is 12.1 Å². The zero-order valence-electron chi connectivity index (χ0n) is 13.5. The summed E-state index contributed by atoms with van der Waals surface area (Å²) in [6.07, 6.45) is 2.24. The van der Waals surface area contributed by atoms with Crippen LogP contribution < -0.4 is 10.5 Å². The third kappa shape index (κ3) is 3.76. The van der Waals surface area contributed by atoms with Crippen LogP contribution in [-0.4, -0.2) is 36.5 Å². The van der Waals surface area contributed by atoms with Gasteiger partial charge >= 0.3 is 0 Å². The molecule has 6 heteroatoms. The van der Waals surface area contributed by atoms with Crippen molar-refractivity contribution in [2.75, 3.05) is 19.7 Å². The van der Waals surface area contributed by atoms with Crippen molar-refractivity contribution in [2.45, 2.75) is 32.7 Å². The Labute approximate surface area is 148 Å². The highest BCUT2D eigenvalue weighted by atomic mass is 35.5. The second-order valence-electron chi connectivity index (χ2n) is 6.62. The van der Waals surface area contributed by atoms with Crippen molar-refractivity contribution in [1.82, 2.24) is 4.90 Å². The Balaban J connectivity index is 0.00000192. The van der Waals surface area contributed by atoms with Gasteiger partial charge in [0.15, 0.2) is 6.61 Å². The van der Waals surface area contributed by atoms with Crippen molar-refractivity contribution in [3.63, 3.8) is 0 Å². The minimum Gasteiger partial charge on any atom is -0.484 e. The van der Waals surface area contributed by atoms with Gasteiger partial charge in [-0.2, -0.15) is 0 Å². The zero-order chi connectivity index (χ0) is 15.9. The molecule has 1 amide bonds. The van der Waals surface area contributed by atoms with Crippen LogP contribution in [0, 0.1) is 25.7 Å². The standard InChI is InChI=1S/C17H23ClN2O2.ClH/c1-10-5-13(6-11(2)17(10)18)22-9-16(21)20-7-12-3-4-15(19)14(12)8-20;/h5-6,12,14-15H,3-4,7-9,19H2,1-2H3;1H. The first-order valence-corrected chi connectivity index (χ1v) is 8.26. The lowest BCUT2D eigenvalue weighted by Crippen LogP contribution is -2.36. The van der Waals surface area contributed by atoms with Gasteiger partial charge in [-0.1, -0.05) is 11.6 Å². The molecule has 1 aromatic carbocycles. The average molecular weight is 359 g/mol. The van der Waals surface area contributed by atoms with E-state index in [-0.39, 0.29) is 31.0 Å². The molecule has 1 aliphatic heterocycles. The van der Waals surface area contributed by atoms with Crippen LogP contribution in [0.5, 0.6) is 5.75 Å². The highest BCUT2D eigenvalue weighted by molar-refractivity contribution is 6.32. The van der Waals surface area contributed by atoms with Gasteiger partial charge in [0.1, 0.15) is 5.75 Å². The number of fused-ring (bicyclic) bond motifs is 1. The van der Waals surface area contributed by atoms with Gasteiger partial charge in [0.25, 0.3) is 5.91 Å². The summed E-state index contributed by atoms with van der Waals surface area (Å²) in [5.41, 5.74) is 8.04. The average Bonchev–Trinajstić information content (AvgIpc) is 3.04. The van der Waals surface area contributed by atoms with E-state index < -0.39 is 0 Å². The van der Waals surface area contributed by atoms with Crippen molar-refractivity contribution in [1.29, 1.82) is 0 Å². The molecule has 0 aromatic heterocycles. The minimum absolute atomic E-state index is 0. The number of likely N-dealkylation sites (tertiary alicyclic amines) is 1. The summed E-state index contributed by atoms with van der Waals surface area (Å²) in [4.78, 5) is 14.2. The van der Waals surface area contributed by atoms with Crippen LogP contribution in [0.25, 0.3) is 0 Å². The second-order valence-corrected chi connectivity index (χ2v) is 7.00. The number of ether oxygens (including phenoxy) is 1. The summed E-state index contributed by atoms with van der Waals surface area (Å²) in [6, 6.07) is 4.00. The molecule has 3 rings (SSSR count). The Bertz CT molecular complexity index is 571. The molecular formula is C17H24Cl2N2O2. The number of benzene rings is 1. The Morgan fingerprint density at radius 3 is 2.57 bits per heavy atom. The molecule has 1 saturated carbocycles.